The van der Waals surface area contributed by atoms with Crippen molar-refractivity contribution in [3.8, 4) is 0 Å². The van der Waals surface area contributed by atoms with E-state index < -0.39 is 5.97 Å². The topological polar surface area (TPSA) is 69.6 Å². The van der Waals surface area contributed by atoms with E-state index in [1.54, 1.807) is 26.1 Å². The molecule has 0 fully saturated rings. The van der Waals surface area contributed by atoms with Crippen LogP contribution in [-0.2, 0) is 16.1 Å². The van der Waals surface area contributed by atoms with E-state index in [0.29, 0.717) is 12.1 Å². The van der Waals surface area contributed by atoms with Gasteiger partial charge in [0.05, 0.1) is 13.1 Å². The summed E-state index contributed by atoms with van der Waals surface area (Å²) in [5.41, 5.74) is 1.32. The number of likely N-dealkylation sites (N-methyl/N-ethyl adjacent to an activating group) is 1. The summed E-state index contributed by atoms with van der Waals surface area (Å²) in [7, 11) is 1.55. The van der Waals surface area contributed by atoms with Crippen molar-refractivity contribution in [1.29, 1.82) is 0 Å². The Kier molecular flexibility index (Phi) is 5.44. The van der Waals surface area contributed by atoms with Crippen LogP contribution in [0.25, 0.3) is 0 Å². The quantitative estimate of drug-likeness (QED) is 0.799. The summed E-state index contributed by atoms with van der Waals surface area (Å²) in [4.78, 5) is 23.4. The molecule has 19 heavy (non-hydrogen) atoms. The number of carbonyl (C=O) groups excluding carboxylic acids is 1. The van der Waals surface area contributed by atoms with Gasteiger partial charge in [-0.1, -0.05) is 12.1 Å². The first-order valence-corrected chi connectivity index (χ1v) is 5.80. The molecule has 0 saturated carbocycles. The molecule has 2 N–H and O–H groups in total. The maximum absolute atomic E-state index is 13.0. The summed E-state index contributed by atoms with van der Waals surface area (Å²) in [6.45, 7) is 1.76. The number of carboxylic acids is 1. The van der Waals surface area contributed by atoms with Crippen LogP contribution in [0.4, 0.5) is 4.39 Å². The third-order valence-corrected chi connectivity index (χ3v) is 2.53. The van der Waals surface area contributed by atoms with Crippen LogP contribution in [0.3, 0.4) is 0 Å². The van der Waals surface area contributed by atoms with Crippen molar-refractivity contribution >= 4 is 11.9 Å². The summed E-state index contributed by atoms with van der Waals surface area (Å²) in [5, 5.41) is 11.2. The number of hydrogen-bond donors (Lipinski definition) is 2. The molecule has 0 radical (unpaired) electrons. The Morgan fingerprint density at radius 3 is 2.63 bits per heavy atom. The molecule has 1 aromatic rings. The van der Waals surface area contributed by atoms with E-state index in [4.69, 9.17) is 5.11 Å². The monoisotopic (exact) mass is 268 g/mol. The minimum absolute atomic E-state index is 0.00643. The SMILES string of the molecule is Cc1cc(CNC(=O)CN(C)CC(=O)O)ccc1F. The van der Waals surface area contributed by atoms with Crippen LogP contribution in [0, 0.1) is 12.7 Å². The van der Waals surface area contributed by atoms with E-state index >= 15 is 0 Å². The van der Waals surface area contributed by atoms with Crippen molar-refractivity contribution in [2.75, 3.05) is 20.1 Å². The highest BCUT2D eigenvalue weighted by Crippen LogP contribution is 2.08. The van der Waals surface area contributed by atoms with Gasteiger partial charge in [0.1, 0.15) is 5.82 Å². The minimum atomic E-state index is -0.982. The van der Waals surface area contributed by atoms with E-state index in [0.717, 1.165) is 5.56 Å². The van der Waals surface area contributed by atoms with Gasteiger partial charge in [-0.2, -0.15) is 0 Å². The van der Waals surface area contributed by atoms with Crippen molar-refractivity contribution < 1.29 is 19.1 Å². The maximum atomic E-state index is 13.0. The van der Waals surface area contributed by atoms with Crippen molar-refractivity contribution in [2.45, 2.75) is 13.5 Å². The molecular formula is C13H17FN2O3. The lowest BCUT2D eigenvalue weighted by Crippen LogP contribution is -2.37. The van der Waals surface area contributed by atoms with Crippen LogP contribution >= 0.6 is 0 Å². The van der Waals surface area contributed by atoms with Crippen LogP contribution in [0.1, 0.15) is 11.1 Å². The van der Waals surface area contributed by atoms with E-state index in [2.05, 4.69) is 5.32 Å². The Morgan fingerprint density at radius 2 is 2.05 bits per heavy atom. The molecule has 0 bridgehead atoms. The molecule has 0 atom stereocenters. The first-order valence-electron chi connectivity index (χ1n) is 5.80. The molecule has 0 aliphatic heterocycles. The van der Waals surface area contributed by atoms with Crippen molar-refractivity contribution in [3.63, 3.8) is 0 Å². The molecule has 0 unspecified atom stereocenters. The Hall–Kier alpha value is -1.95. The number of carboxylic acid groups (broad SMARTS) is 1. The number of rotatable bonds is 6. The van der Waals surface area contributed by atoms with Crippen LogP contribution in [0.15, 0.2) is 18.2 Å². The Bertz CT molecular complexity index is 477. The van der Waals surface area contributed by atoms with Gasteiger partial charge in [0.15, 0.2) is 0 Å². The van der Waals surface area contributed by atoms with E-state index in [1.807, 2.05) is 0 Å². The van der Waals surface area contributed by atoms with Gasteiger partial charge in [-0.15, -0.1) is 0 Å². The highest BCUT2D eigenvalue weighted by molar-refractivity contribution is 5.78. The molecule has 0 saturated heterocycles. The molecule has 0 heterocycles. The predicted molar refractivity (Wildman–Crippen MR) is 68.1 cm³/mol. The Morgan fingerprint density at radius 1 is 1.37 bits per heavy atom. The lowest BCUT2D eigenvalue weighted by atomic mass is 10.1. The van der Waals surface area contributed by atoms with E-state index in [1.165, 1.54) is 11.0 Å². The van der Waals surface area contributed by atoms with Crippen molar-refractivity contribution in [1.82, 2.24) is 10.2 Å². The average Bonchev–Trinajstić information content (AvgIpc) is 2.29. The molecule has 5 nitrogen and oxygen atoms in total. The summed E-state index contributed by atoms with van der Waals surface area (Å²) in [6.07, 6.45) is 0. The molecule has 0 aliphatic carbocycles. The van der Waals surface area contributed by atoms with Gasteiger partial charge in [-0.25, -0.2) is 4.39 Å². The van der Waals surface area contributed by atoms with Crippen LogP contribution in [0.2, 0.25) is 0 Å². The number of carbonyl (C=O) groups is 2. The molecule has 6 heteroatoms. The highest BCUT2D eigenvalue weighted by Gasteiger charge is 2.09. The molecule has 1 rings (SSSR count). The largest absolute Gasteiger partial charge is 0.480 e. The first-order chi connectivity index (χ1) is 8.88. The van der Waals surface area contributed by atoms with Gasteiger partial charge in [0.25, 0.3) is 0 Å². The van der Waals surface area contributed by atoms with E-state index in [-0.39, 0.29) is 24.8 Å². The molecular weight excluding hydrogens is 251 g/mol. The number of nitrogens with zero attached hydrogens (tertiary/aromatic N) is 1. The fraction of sp³-hybridized carbons (Fsp3) is 0.385. The third-order valence-electron chi connectivity index (χ3n) is 2.53. The summed E-state index contributed by atoms with van der Waals surface area (Å²) in [5.74, 6) is -1.54. The van der Waals surface area contributed by atoms with Gasteiger partial charge in [0.2, 0.25) is 5.91 Å². The first kappa shape index (κ1) is 15.1. The smallest absolute Gasteiger partial charge is 0.317 e. The number of benzene rings is 1. The number of aryl methyl sites for hydroxylation is 1. The molecule has 1 amide bonds. The van der Waals surface area contributed by atoms with Gasteiger partial charge in [-0.3, -0.25) is 14.5 Å². The lowest BCUT2D eigenvalue weighted by molar-refractivity contribution is -0.138. The second-order valence-corrected chi connectivity index (χ2v) is 4.43. The minimum Gasteiger partial charge on any atom is -0.480 e. The zero-order chi connectivity index (χ0) is 14.4. The van der Waals surface area contributed by atoms with E-state index in [9.17, 15) is 14.0 Å². The molecule has 104 valence electrons. The molecule has 1 aromatic carbocycles. The molecule has 0 aliphatic rings. The number of aliphatic carboxylic acids is 1. The number of amides is 1. The number of hydrogen-bond acceptors (Lipinski definition) is 3. The van der Waals surface area contributed by atoms with Gasteiger partial charge in [-0.05, 0) is 31.2 Å². The van der Waals surface area contributed by atoms with Gasteiger partial charge in [0, 0.05) is 6.54 Å². The van der Waals surface area contributed by atoms with Crippen LogP contribution in [-0.4, -0.2) is 42.0 Å². The fourth-order valence-electron chi connectivity index (χ4n) is 1.61. The van der Waals surface area contributed by atoms with Crippen LogP contribution in [0.5, 0.6) is 0 Å². The zero-order valence-electron chi connectivity index (χ0n) is 10.9. The lowest BCUT2D eigenvalue weighted by Gasteiger charge is -2.13. The molecule has 0 aromatic heterocycles. The zero-order valence-corrected chi connectivity index (χ0v) is 10.9. The van der Waals surface area contributed by atoms with Crippen molar-refractivity contribution in [2.24, 2.45) is 0 Å². The predicted octanol–water partition coefficient (Wildman–Crippen LogP) is 0.767. The van der Waals surface area contributed by atoms with Crippen molar-refractivity contribution in [3.05, 3.63) is 35.1 Å². The number of nitrogens with one attached hydrogen (secondary N) is 1. The normalized spacial score (nSPS) is 10.5. The highest BCUT2D eigenvalue weighted by atomic mass is 19.1. The van der Waals surface area contributed by atoms with Gasteiger partial charge >= 0.3 is 5.97 Å². The van der Waals surface area contributed by atoms with Crippen LogP contribution < -0.4 is 5.32 Å². The van der Waals surface area contributed by atoms with Gasteiger partial charge < -0.3 is 10.4 Å². The average molecular weight is 268 g/mol. The molecule has 0 spiro atoms. The Balaban J connectivity index is 2.41. The summed E-state index contributed by atoms with van der Waals surface area (Å²) < 4.78 is 13.0. The maximum Gasteiger partial charge on any atom is 0.317 e. The second kappa shape index (κ2) is 6.84. The third kappa shape index (κ3) is 5.48. The Labute approximate surface area is 111 Å². The fourth-order valence-corrected chi connectivity index (χ4v) is 1.61. The summed E-state index contributed by atoms with van der Waals surface area (Å²) >= 11 is 0. The second-order valence-electron chi connectivity index (χ2n) is 4.43. The number of halogens is 1. The standard InChI is InChI=1S/C13H17FN2O3/c1-9-5-10(3-4-11(9)14)6-15-12(17)7-16(2)8-13(18)19/h3-5H,6-8H2,1-2H3,(H,15,17)(H,18,19). The summed E-state index contributed by atoms with van der Waals surface area (Å²) in [6, 6.07) is 4.62.